The third kappa shape index (κ3) is 3.54. The molecule has 1 aromatic rings. The van der Waals surface area contributed by atoms with Crippen molar-refractivity contribution < 1.29 is 9.72 Å². The third-order valence-electron chi connectivity index (χ3n) is 3.61. The number of carbonyl (C=O) groups is 1. The van der Waals surface area contributed by atoms with E-state index in [4.69, 9.17) is 0 Å². The Hall–Kier alpha value is -1.95. The Labute approximate surface area is 117 Å². The van der Waals surface area contributed by atoms with Gasteiger partial charge in [0.2, 0.25) is 5.91 Å². The fourth-order valence-electron chi connectivity index (χ4n) is 2.48. The Bertz CT molecular complexity index is 498. The number of para-hydroxylation sites is 1. The second-order valence-electron chi connectivity index (χ2n) is 5.13. The number of rotatable bonds is 5. The third-order valence-corrected chi connectivity index (χ3v) is 3.61. The van der Waals surface area contributed by atoms with Crippen molar-refractivity contribution in [2.45, 2.75) is 25.3 Å². The summed E-state index contributed by atoms with van der Waals surface area (Å²) in [6.45, 7) is 1.65. The number of nitro groups is 1. The molecule has 1 atom stereocenters. The molecule has 1 heterocycles. The fourth-order valence-corrected chi connectivity index (χ4v) is 2.48. The molecular weight excluding hydrogens is 258 g/mol. The van der Waals surface area contributed by atoms with Crippen molar-refractivity contribution >= 4 is 11.6 Å². The van der Waals surface area contributed by atoms with Crippen molar-refractivity contribution in [2.24, 2.45) is 0 Å². The van der Waals surface area contributed by atoms with Crippen molar-refractivity contribution in [2.75, 3.05) is 20.1 Å². The van der Waals surface area contributed by atoms with Gasteiger partial charge < -0.3 is 10.2 Å². The molecule has 1 saturated heterocycles. The minimum atomic E-state index is -0.443. The molecule has 1 fully saturated rings. The van der Waals surface area contributed by atoms with E-state index in [1.165, 1.54) is 6.07 Å². The van der Waals surface area contributed by atoms with Crippen LogP contribution in [-0.2, 0) is 11.2 Å². The van der Waals surface area contributed by atoms with Crippen molar-refractivity contribution in [3.05, 3.63) is 39.9 Å². The van der Waals surface area contributed by atoms with Crippen LogP contribution in [0.25, 0.3) is 0 Å². The zero-order chi connectivity index (χ0) is 14.5. The van der Waals surface area contributed by atoms with Gasteiger partial charge in [0.25, 0.3) is 5.69 Å². The summed E-state index contributed by atoms with van der Waals surface area (Å²) in [4.78, 5) is 24.3. The molecule has 0 aliphatic carbocycles. The Kier molecular flexibility index (Phi) is 4.68. The monoisotopic (exact) mass is 277 g/mol. The van der Waals surface area contributed by atoms with Crippen molar-refractivity contribution in [3.8, 4) is 0 Å². The molecule has 1 aromatic carbocycles. The number of hydrogen-bond donors (Lipinski definition) is 1. The van der Waals surface area contributed by atoms with E-state index in [0.29, 0.717) is 18.2 Å². The predicted molar refractivity (Wildman–Crippen MR) is 75.5 cm³/mol. The lowest BCUT2D eigenvalue weighted by atomic mass is 10.1. The van der Waals surface area contributed by atoms with E-state index in [2.05, 4.69) is 5.32 Å². The van der Waals surface area contributed by atoms with E-state index >= 15 is 0 Å². The first-order valence-electron chi connectivity index (χ1n) is 6.77. The largest absolute Gasteiger partial charge is 0.344 e. The maximum Gasteiger partial charge on any atom is 0.273 e. The van der Waals surface area contributed by atoms with Gasteiger partial charge in [0.1, 0.15) is 0 Å². The van der Waals surface area contributed by atoms with Gasteiger partial charge in [-0.15, -0.1) is 0 Å². The van der Waals surface area contributed by atoms with Gasteiger partial charge in [-0.1, -0.05) is 18.2 Å². The molecule has 2 rings (SSSR count). The Morgan fingerprint density at radius 2 is 2.25 bits per heavy atom. The minimum Gasteiger partial charge on any atom is -0.344 e. The Balaban J connectivity index is 1.98. The minimum absolute atomic E-state index is 0.00763. The molecule has 1 amide bonds. The van der Waals surface area contributed by atoms with E-state index in [0.717, 1.165) is 19.4 Å². The van der Waals surface area contributed by atoms with Crippen LogP contribution in [0.3, 0.4) is 0 Å². The van der Waals surface area contributed by atoms with E-state index in [-0.39, 0.29) is 18.0 Å². The van der Waals surface area contributed by atoms with Gasteiger partial charge >= 0.3 is 0 Å². The summed E-state index contributed by atoms with van der Waals surface area (Å²) in [7, 11) is 1.75. The second-order valence-corrected chi connectivity index (χ2v) is 5.13. The number of hydrogen-bond acceptors (Lipinski definition) is 4. The van der Waals surface area contributed by atoms with Crippen molar-refractivity contribution in [3.63, 3.8) is 0 Å². The maximum atomic E-state index is 12.2. The molecule has 0 aromatic heterocycles. The van der Waals surface area contributed by atoms with Gasteiger partial charge in [-0.2, -0.15) is 0 Å². The SMILES string of the molecule is CN(CC1CCCN1)C(=O)Cc1ccccc1[N+](=O)[O-]. The highest BCUT2D eigenvalue weighted by Gasteiger charge is 2.21. The van der Waals surface area contributed by atoms with Crippen LogP contribution >= 0.6 is 0 Å². The summed E-state index contributed by atoms with van der Waals surface area (Å²) in [5, 5.41) is 14.3. The summed E-state index contributed by atoms with van der Waals surface area (Å²) in [6, 6.07) is 6.74. The van der Waals surface area contributed by atoms with Gasteiger partial charge in [0, 0.05) is 31.3 Å². The molecule has 0 bridgehead atoms. The first-order valence-corrected chi connectivity index (χ1v) is 6.77. The highest BCUT2D eigenvalue weighted by Crippen LogP contribution is 2.18. The lowest BCUT2D eigenvalue weighted by Crippen LogP contribution is -2.39. The van der Waals surface area contributed by atoms with Gasteiger partial charge in [0.05, 0.1) is 11.3 Å². The van der Waals surface area contributed by atoms with Gasteiger partial charge in [-0.25, -0.2) is 0 Å². The topological polar surface area (TPSA) is 75.5 Å². The number of nitrogens with one attached hydrogen (secondary N) is 1. The van der Waals surface area contributed by atoms with Crippen molar-refractivity contribution in [1.82, 2.24) is 10.2 Å². The van der Waals surface area contributed by atoms with Crippen LogP contribution in [0.4, 0.5) is 5.69 Å². The zero-order valence-corrected chi connectivity index (χ0v) is 11.5. The van der Waals surface area contributed by atoms with Crippen molar-refractivity contribution in [1.29, 1.82) is 0 Å². The standard InChI is InChI=1S/C14H19N3O3/c1-16(10-12-6-4-8-15-12)14(18)9-11-5-2-3-7-13(11)17(19)20/h2-3,5,7,12,15H,4,6,8-10H2,1H3. The second kappa shape index (κ2) is 6.47. The number of nitrogens with zero attached hydrogens (tertiary/aromatic N) is 2. The smallest absolute Gasteiger partial charge is 0.273 e. The van der Waals surface area contributed by atoms with E-state index < -0.39 is 4.92 Å². The van der Waals surface area contributed by atoms with Gasteiger partial charge in [-0.05, 0) is 19.4 Å². The van der Waals surface area contributed by atoms with E-state index in [1.807, 2.05) is 0 Å². The lowest BCUT2D eigenvalue weighted by Gasteiger charge is -2.21. The van der Waals surface area contributed by atoms with Gasteiger partial charge in [-0.3, -0.25) is 14.9 Å². The first-order chi connectivity index (χ1) is 9.58. The Morgan fingerprint density at radius 3 is 2.90 bits per heavy atom. The highest BCUT2D eigenvalue weighted by atomic mass is 16.6. The average Bonchev–Trinajstić information content (AvgIpc) is 2.91. The summed E-state index contributed by atoms with van der Waals surface area (Å²) in [5.74, 6) is -0.0898. The molecule has 1 aliphatic rings. The van der Waals surface area contributed by atoms with Gasteiger partial charge in [0.15, 0.2) is 0 Å². The molecule has 6 nitrogen and oxygen atoms in total. The number of amides is 1. The quantitative estimate of drug-likeness (QED) is 0.651. The molecular formula is C14H19N3O3. The molecule has 108 valence electrons. The fraction of sp³-hybridized carbons (Fsp3) is 0.500. The molecule has 1 N–H and O–H groups in total. The van der Waals surface area contributed by atoms with Crippen LogP contribution in [0.2, 0.25) is 0 Å². The van der Waals surface area contributed by atoms with Crippen LogP contribution in [0.1, 0.15) is 18.4 Å². The number of likely N-dealkylation sites (N-methyl/N-ethyl adjacent to an activating group) is 1. The molecule has 1 aliphatic heterocycles. The molecule has 0 saturated carbocycles. The summed E-state index contributed by atoms with van der Waals surface area (Å²) in [6.07, 6.45) is 2.28. The molecule has 1 unspecified atom stereocenters. The number of nitro benzene ring substituents is 1. The molecule has 0 spiro atoms. The zero-order valence-electron chi connectivity index (χ0n) is 11.5. The van der Waals surface area contributed by atoms with Crippen LogP contribution in [-0.4, -0.2) is 41.9 Å². The van der Waals surface area contributed by atoms with Crippen LogP contribution < -0.4 is 5.32 Å². The van der Waals surface area contributed by atoms with Crippen LogP contribution in [0, 0.1) is 10.1 Å². The lowest BCUT2D eigenvalue weighted by molar-refractivity contribution is -0.385. The maximum absolute atomic E-state index is 12.2. The average molecular weight is 277 g/mol. The predicted octanol–water partition coefficient (Wildman–Crippen LogP) is 1.35. The number of benzene rings is 1. The first kappa shape index (κ1) is 14.5. The summed E-state index contributed by atoms with van der Waals surface area (Å²) < 4.78 is 0. The molecule has 0 radical (unpaired) electrons. The highest BCUT2D eigenvalue weighted by molar-refractivity contribution is 5.79. The number of carbonyl (C=O) groups excluding carboxylic acids is 1. The molecule has 20 heavy (non-hydrogen) atoms. The van der Waals surface area contributed by atoms with Crippen LogP contribution in [0.5, 0.6) is 0 Å². The normalized spacial score (nSPS) is 17.9. The van der Waals surface area contributed by atoms with E-state index in [9.17, 15) is 14.9 Å². The Morgan fingerprint density at radius 1 is 1.50 bits per heavy atom. The van der Waals surface area contributed by atoms with E-state index in [1.54, 1.807) is 30.1 Å². The van der Waals surface area contributed by atoms with Crippen LogP contribution in [0.15, 0.2) is 24.3 Å². The molecule has 6 heteroatoms. The summed E-state index contributed by atoms with van der Waals surface area (Å²) >= 11 is 0. The summed E-state index contributed by atoms with van der Waals surface area (Å²) in [5.41, 5.74) is 0.474.